The summed E-state index contributed by atoms with van der Waals surface area (Å²) in [5.74, 6) is 0.714. The zero-order valence-electron chi connectivity index (χ0n) is 8.37. The van der Waals surface area contributed by atoms with E-state index >= 15 is 0 Å². The molecule has 1 unspecified atom stereocenters. The number of thioether (sulfide) groups is 1. The van der Waals surface area contributed by atoms with Gasteiger partial charge in [0.2, 0.25) is 0 Å². The lowest BCUT2D eigenvalue weighted by atomic mass is 10.2. The van der Waals surface area contributed by atoms with Crippen molar-refractivity contribution in [2.75, 3.05) is 5.75 Å². The van der Waals surface area contributed by atoms with Crippen LogP contribution in [0.25, 0.3) is 0 Å². The maximum Gasteiger partial charge on any atom is 0.123 e. The van der Waals surface area contributed by atoms with E-state index in [9.17, 15) is 4.39 Å². The minimum atomic E-state index is -0.188. The van der Waals surface area contributed by atoms with Gasteiger partial charge in [-0.3, -0.25) is 0 Å². The van der Waals surface area contributed by atoms with E-state index in [0.29, 0.717) is 0 Å². The standard InChI is InChI=1S/C11H16FNS/c1-2-3-10(13)8-14-11-6-4-9(12)5-7-11/h4-7,10H,2-3,8,13H2,1H3. The van der Waals surface area contributed by atoms with E-state index in [1.807, 2.05) is 0 Å². The van der Waals surface area contributed by atoms with Crippen LogP contribution in [-0.2, 0) is 0 Å². The summed E-state index contributed by atoms with van der Waals surface area (Å²) in [6.45, 7) is 2.13. The molecule has 0 aliphatic heterocycles. The van der Waals surface area contributed by atoms with Crippen LogP contribution >= 0.6 is 11.8 Å². The molecule has 0 aromatic heterocycles. The van der Waals surface area contributed by atoms with Crippen molar-refractivity contribution in [3.63, 3.8) is 0 Å². The summed E-state index contributed by atoms with van der Waals surface area (Å²) in [5, 5.41) is 0. The first-order valence-electron chi connectivity index (χ1n) is 4.86. The highest BCUT2D eigenvalue weighted by Crippen LogP contribution is 2.19. The van der Waals surface area contributed by atoms with Crippen LogP contribution in [0.5, 0.6) is 0 Å². The third kappa shape index (κ3) is 4.11. The molecule has 1 aromatic carbocycles. The Balaban J connectivity index is 2.34. The topological polar surface area (TPSA) is 26.0 Å². The molecule has 0 bridgehead atoms. The molecule has 1 atom stereocenters. The van der Waals surface area contributed by atoms with Crippen molar-refractivity contribution in [2.45, 2.75) is 30.7 Å². The molecule has 1 nitrogen and oxygen atoms in total. The predicted octanol–water partition coefficient (Wildman–Crippen LogP) is 3.05. The molecule has 1 aromatic rings. The smallest absolute Gasteiger partial charge is 0.123 e. The molecular formula is C11H16FNS. The Hall–Kier alpha value is -0.540. The largest absolute Gasteiger partial charge is 0.327 e. The Kier molecular flexibility index (Phi) is 4.98. The van der Waals surface area contributed by atoms with Crippen molar-refractivity contribution < 1.29 is 4.39 Å². The van der Waals surface area contributed by atoms with Crippen molar-refractivity contribution in [1.29, 1.82) is 0 Å². The summed E-state index contributed by atoms with van der Waals surface area (Å²) in [5.41, 5.74) is 5.87. The third-order valence-corrected chi connectivity index (χ3v) is 3.14. The van der Waals surface area contributed by atoms with Crippen molar-refractivity contribution in [2.24, 2.45) is 5.73 Å². The van der Waals surface area contributed by atoms with E-state index in [4.69, 9.17) is 5.73 Å². The fourth-order valence-electron chi connectivity index (χ4n) is 1.19. The van der Waals surface area contributed by atoms with Crippen LogP contribution in [0.2, 0.25) is 0 Å². The molecule has 0 radical (unpaired) electrons. The molecule has 3 heteroatoms. The summed E-state index contributed by atoms with van der Waals surface area (Å²) in [7, 11) is 0. The fraction of sp³-hybridized carbons (Fsp3) is 0.455. The van der Waals surface area contributed by atoms with Crippen molar-refractivity contribution in [3.05, 3.63) is 30.1 Å². The first kappa shape index (κ1) is 11.5. The van der Waals surface area contributed by atoms with E-state index < -0.39 is 0 Å². The van der Waals surface area contributed by atoms with Gasteiger partial charge in [0.15, 0.2) is 0 Å². The average molecular weight is 213 g/mol. The van der Waals surface area contributed by atoms with E-state index in [-0.39, 0.29) is 11.9 Å². The molecule has 14 heavy (non-hydrogen) atoms. The Bertz CT molecular complexity index is 260. The Morgan fingerprint density at radius 3 is 2.57 bits per heavy atom. The van der Waals surface area contributed by atoms with Crippen LogP contribution < -0.4 is 5.73 Å². The molecule has 0 saturated heterocycles. The second-order valence-electron chi connectivity index (χ2n) is 3.31. The van der Waals surface area contributed by atoms with Gasteiger partial charge in [-0.25, -0.2) is 4.39 Å². The lowest BCUT2D eigenvalue weighted by Crippen LogP contribution is -2.22. The highest BCUT2D eigenvalue weighted by Gasteiger charge is 2.02. The molecule has 0 aliphatic carbocycles. The molecule has 1 rings (SSSR count). The van der Waals surface area contributed by atoms with Gasteiger partial charge < -0.3 is 5.73 Å². The van der Waals surface area contributed by atoms with E-state index in [1.165, 1.54) is 12.1 Å². The van der Waals surface area contributed by atoms with Gasteiger partial charge in [-0.2, -0.15) is 0 Å². The van der Waals surface area contributed by atoms with Crippen LogP contribution in [0, 0.1) is 5.82 Å². The molecule has 0 heterocycles. The molecule has 2 N–H and O–H groups in total. The molecule has 0 aliphatic rings. The summed E-state index contributed by atoms with van der Waals surface area (Å²) < 4.78 is 12.6. The highest BCUT2D eigenvalue weighted by molar-refractivity contribution is 7.99. The molecule has 0 spiro atoms. The normalized spacial score (nSPS) is 12.8. The Morgan fingerprint density at radius 1 is 1.36 bits per heavy atom. The molecule has 0 fully saturated rings. The Morgan fingerprint density at radius 2 is 2.00 bits per heavy atom. The maximum absolute atomic E-state index is 12.6. The number of benzene rings is 1. The molecule has 78 valence electrons. The van der Waals surface area contributed by atoms with Crippen LogP contribution in [0.4, 0.5) is 4.39 Å². The van der Waals surface area contributed by atoms with Gasteiger partial charge >= 0.3 is 0 Å². The first-order valence-corrected chi connectivity index (χ1v) is 5.85. The van der Waals surface area contributed by atoms with Gasteiger partial charge in [0, 0.05) is 16.7 Å². The van der Waals surface area contributed by atoms with Crippen LogP contribution in [0.3, 0.4) is 0 Å². The minimum absolute atomic E-state index is 0.188. The second-order valence-corrected chi connectivity index (χ2v) is 4.41. The van der Waals surface area contributed by atoms with Gasteiger partial charge in [-0.1, -0.05) is 13.3 Å². The lowest BCUT2D eigenvalue weighted by molar-refractivity contribution is 0.626. The summed E-state index contributed by atoms with van der Waals surface area (Å²) in [6, 6.07) is 6.79. The first-order chi connectivity index (χ1) is 6.72. The van der Waals surface area contributed by atoms with E-state index in [2.05, 4.69) is 6.92 Å². The monoisotopic (exact) mass is 213 g/mol. The van der Waals surface area contributed by atoms with E-state index in [1.54, 1.807) is 23.9 Å². The van der Waals surface area contributed by atoms with Gasteiger partial charge in [0.05, 0.1) is 0 Å². The molecule has 0 amide bonds. The lowest BCUT2D eigenvalue weighted by Gasteiger charge is -2.09. The third-order valence-electron chi connectivity index (χ3n) is 1.94. The van der Waals surface area contributed by atoms with Crippen molar-refractivity contribution in [3.8, 4) is 0 Å². The number of rotatable bonds is 5. The number of hydrogen-bond acceptors (Lipinski definition) is 2. The predicted molar refractivity (Wildman–Crippen MR) is 60.0 cm³/mol. The Labute approximate surface area is 88.9 Å². The summed E-state index contributed by atoms with van der Waals surface area (Å²) in [4.78, 5) is 1.08. The van der Waals surface area contributed by atoms with Gasteiger partial charge in [-0.15, -0.1) is 11.8 Å². The molecular weight excluding hydrogens is 197 g/mol. The van der Waals surface area contributed by atoms with Crippen LogP contribution in [0.15, 0.2) is 29.2 Å². The van der Waals surface area contributed by atoms with Crippen LogP contribution in [0.1, 0.15) is 19.8 Å². The summed E-state index contributed by atoms with van der Waals surface area (Å²) in [6.07, 6.45) is 2.17. The maximum atomic E-state index is 12.6. The second kappa shape index (κ2) is 6.04. The van der Waals surface area contributed by atoms with Gasteiger partial charge in [0.25, 0.3) is 0 Å². The fourth-order valence-corrected chi connectivity index (χ4v) is 2.09. The van der Waals surface area contributed by atoms with Gasteiger partial charge in [0.1, 0.15) is 5.82 Å². The van der Waals surface area contributed by atoms with Gasteiger partial charge in [-0.05, 0) is 30.7 Å². The van der Waals surface area contributed by atoms with Crippen LogP contribution in [-0.4, -0.2) is 11.8 Å². The van der Waals surface area contributed by atoms with Crippen molar-refractivity contribution >= 4 is 11.8 Å². The van der Waals surface area contributed by atoms with Crippen molar-refractivity contribution in [1.82, 2.24) is 0 Å². The quantitative estimate of drug-likeness (QED) is 0.761. The summed E-state index contributed by atoms with van der Waals surface area (Å²) >= 11 is 1.69. The number of hydrogen-bond donors (Lipinski definition) is 1. The zero-order valence-corrected chi connectivity index (χ0v) is 9.19. The van der Waals surface area contributed by atoms with E-state index in [0.717, 1.165) is 23.5 Å². The number of nitrogens with two attached hydrogens (primary N) is 1. The molecule has 0 saturated carbocycles. The SMILES string of the molecule is CCCC(N)CSc1ccc(F)cc1. The highest BCUT2D eigenvalue weighted by atomic mass is 32.2. The number of halogens is 1. The zero-order chi connectivity index (χ0) is 10.4. The minimum Gasteiger partial charge on any atom is -0.327 e. The average Bonchev–Trinajstić information content (AvgIpc) is 2.17.